The third-order valence-electron chi connectivity index (χ3n) is 6.30. The predicted octanol–water partition coefficient (Wildman–Crippen LogP) is 3.36. The third-order valence-corrected chi connectivity index (χ3v) is 6.30. The van der Waals surface area contributed by atoms with Crippen LogP contribution in [-0.4, -0.2) is 43.2 Å². The van der Waals surface area contributed by atoms with E-state index in [4.69, 9.17) is 9.15 Å². The minimum Gasteiger partial charge on any atom is -0.461 e. The molecule has 2 saturated heterocycles. The fraction of sp³-hybridized carbons (Fsp3) is 0.524. The van der Waals surface area contributed by atoms with E-state index in [2.05, 4.69) is 7.05 Å². The monoisotopic (exact) mass is 356 g/mol. The van der Waals surface area contributed by atoms with Crippen molar-refractivity contribution in [3.8, 4) is 0 Å². The molecule has 3 heterocycles. The minimum atomic E-state index is -0.629. The zero-order valence-electron chi connectivity index (χ0n) is 15.3. The molecule has 4 rings (SSSR count). The summed E-state index contributed by atoms with van der Waals surface area (Å²) in [7, 11) is 2.34. The molecule has 0 radical (unpaired) electrons. The lowest BCUT2D eigenvalue weighted by molar-refractivity contribution is -0.947. The van der Waals surface area contributed by atoms with Gasteiger partial charge < -0.3 is 13.6 Å². The molecule has 138 valence electrons. The first kappa shape index (κ1) is 17.3. The van der Waals surface area contributed by atoms with Crippen LogP contribution in [-0.2, 0) is 4.74 Å². The summed E-state index contributed by atoms with van der Waals surface area (Å²) in [4.78, 5) is 24.6. The molecule has 0 bridgehead atoms. The van der Waals surface area contributed by atoms with Crippen LogP contribution in [0, 0.1) is 5.92 Å². The number of hydrogen-bond acceptors (Lipinski definition) is 4. The number of hydrogen-bond donors (Lipinski definition) is 0. The van der Waals surface area contributed by atoms with E-state index in [9.17, 15) is 9.59 Å². The molecular weight excluding hydrogens is 330 g/mol. The molecule has 0 aliphatic carbocycles. The van der Waals surface area contributed by atoms with Gasteiger partial charge in [0.15, 0.2) is 0 Å². The van der Waals surface area contributed by atoms with Gasteiger partial charge in [0, 0.05) is 17.7 Å². The van der Waals surface area contributed by atoms with Crippen molar-refractivity contribution in [3.05, 3.63) is 46.3 Å². The fourth-order valence-electron chi connectivity index (χ4n) is 4.89. The lowest BCUT2D eigenvalue weighted by Gasteiger charge is -2.51. The SMILES string of the molecule is C[N@@+]12CCCC[C@@H]1[C@H](COC(=O)c1cc3ccccc3oc1=O)CCC2. The van der Waals surface area contributed by atoms with Crippen molar-refractivity contribution in [2.45, 2.75) is 38.1 Å². The van der Waals surface area contributed by atoms with Crippen molar-refractivity contribution in [2.24, 2.45) is 5.92 Å². The standard InChI is InChI=1S/C21H26NO4/c1-22-11-5-4-9-18(22)16(8-6-12-22)14-25-20(23)17-13-15-7-2-3-10-19(15)26-21(17)24/h2-3,7,10,13,16,18H,4-6,8-9,11-12,14H2,1H3/q+1/t16-,18+,22-/m0/s1. The maximum atomic E-state index is 12.5. The van der Waals surface area contributed by atoms with E-state index < -0.39 is 11.6 Å². The van der Waals surface area contributed by atoms with Gasteiger partial charge in [-0.3, -0.25) is 0 Å². The highest BCUT2D eigenvalue weighted by atomic mass is 16.5. The van der Waals surface area contributed by atoms with Crippen molar-refractivity contribution in [2.75, 3.05) is 26.7 Å². The summed E-state index contributed by atoms with van der Waals surface area (Å²) in [6.07, 6.45) is 6.02. The molecule has 5 heteroatoms. The smallest absolute Gasteiger partial charge is 0.351 e. The highest BCUT2D eigenvalue weighted by Gasteiger charge is 2.43. The predicted molar refractivity (Wildman–Crippen MR) is 99.0 cm³/mol. The first-order valence-corrected chi connectivity index (χ1v) is 9.61. The summed E-state index contributed by atoms with van der Waals surface area (Å²) >= 11 is 0. The summed E-state index contributed by atoms with van der Waals surface area (Å²) in [6, 6.07) is 9.33. The number of piperidine rings is 2. The Labute approximate surface area is 153 Å². The minimum absolute atomic E-state index is 0.0135. The molecule has 26 heavy (non-hydrogen) atoms. The van der Waals surface area contributed by atoms with Gasteiger partial charge in [-0.15, -0.1) is 0 Å². The van der Waals surface area contributed by atoms with E-state index in [0.717, 1.165) is 16.3 Å². The van der Waals surface area contributed by atoms with Crippen molar-refractivity contribution < 1.29 is 18.4 Å². The number of nitrogens with zero attached hydrogens (tertiary/aromatic N) is 1. The van der Waals surface area contributed by atoms with Crippen LogP contribution in [0.25, 0.3) is 11.0 Å². The summed E-state index contributed by atoms with van der Waals surface area (Å²) in [5.74, 6) is -0.189. The quantitative estimate of drug-likeness (QED) is 0.481. The van der Waals surface area contributed by atoms with Crippen LogP contribution in [0.4, 0.5) is 0 Å². The Morgan fingerprint density at radius 3 is 2.88 bits per heavy atom. The van der Waals surface area contributed by atoms with Crippen molar-refractivity contribution in [1.82, 2.24) is 0 Å². The van der Waals surface area contributed by atoms with Crippen molar-refractivity contribution >= 4 is 16.9 Å². The van der Waals surface area contributed by atoms with E-state index in [-0.39, 0.29) is 5.56 Å². The van der Waals surface area contributed by atoms with E-state index in [0.29, 0.717) is 24.1 Å². The molecule has 1 aromatic carbocycles. The van der Waals surface area contributed by atoms with Crippen LogP contribution < -0.4 is 5.63 Å². The Bertz CT molecular complexity index is 870. The average Bonchev–Trinajstić information content (AvgIpc) is 2.64. The molecule has 0 spiro atoms. The van der Waals surface area contributed by atoms with E-state index in [1.807, 2.05) is 12.1 Å². The Morgan fingerprint density at radius 2 is 2.00 bits per heavy atom. The number of carbonyl (C=O) groups excluding carboxylic acids is 1. The molecule has 2 fully saturated rings. The number of carbonyl (C=O) groups is 1. The van der Waals surface area contributed by atoms with Gasteiger partial charge in [-0.25, -0.2) is 9.59 Å². The number of para-hydroxylation sites is 1. The van der Waals surface area contributed by atoms with Gasteiger partial charge >= 0.3 is 11.6 Å². The summed E-state index contributed by atoms with van der Waals surface area (Å²) in [6.45, 7) is 2.84. The second-order valence-electron chi connectivity index (χ2n) is 7.98. The van der Waals surface area contributed by atoms with Crippen LogP contribution in [0.2, 0.25) is 0 Å². The molecule has 3 atom stereocenters. The molecule has 0 unspecified atom stereocenters. The molecule has 0 saturated carbocycles. The van der Waals surface area contributed by atoms with Crippen molar-refractivity contribution in [1.29, 1.82) is 0 Å². The summed E-state index contributed by atoms with van der Waals surface area (Å²) in [5.41, 5.74) is -0.160. The number of benzene rings is 1. The second-order valence-corrected chi connectivity index (χ2v) is 7.98. The topological polar surface area (TPSA) is 56.5 Å². The maximum Gasteiger partial charge on any atom is 0.351 e. The number of rotatable bonds is 3. The molecular formula is C21H26NO4+. The lowest BCUT2D eigenvalue weighted by atomic mass is 9.82. The van der Waals surface area contributed by atoms with Crippen LogP contribution >= 0.6 is 0 Å². The van der Waals surface area contributed by atoms with E-state index in [1.54, 1.807) is 18.2 Å². The normalized spacial score (nSPS) is 28.5. The van der Waals surface area contributed by atoms with Gasteiger partial charge in [0.25, 0.3) is 0 Å². The van der Waals surface area contributed by atoms with E-state index >= 15 is 0 Å². The zero-order chi connectivity index (χ0) is 18.1. The van der Waals surface area contributed by atoms with Gasteiger partial charge in [0.2, 0.25) is 0 Å². The van der Waals surface area contributed by atoms with Crippen LogP contribution in [0.15, 0.2) is 39.5 Å². The molecule has 2 aliphatic rings. The van der Waals surface area contributed by atoms with Crippen LogP contribution in [0.1, 0.15) is 42.5 Å². The fourth-order valence-corrected chi connectivity index (χ4v) is 4.89. The molecule has 2 aliphatic heterocycles. The van der Waals surface area contributed by atoms with Gasteiger partial charge in [0.1, 0.15) is 17.8 Å². The van der Waals surface area contributed by atoms with Crippen LogP contribution in [0.3, 0.4) is 0 Å². The Balaban J connectivity index is 1.48. The van der Waals surface area contributed by atoms with Gasteiger partial charge in [-0.05, 0) is 37.8 Å². The zero-order valence-corrected chi connectivity index (χ0v) is 15.3. The first-order valence-electron chi connectivity index (χ1n) is 9.61. The average molecular weight is 356 g/mol. The Kier molecular flexibility index (Phi) is 4.57. The van der Waals surface area contributed by atoms with Crippen molar-refractivity contribution in [3.63, 3.8) is 0 Å². The maximum absolute atomic E-state index is 12.5. The first-order chi connectivity index (χ1) is 12.6. The molecule has 2 aromatic rings. The second kappa shape index (κ2) is 6.88. The highest BCUT2D eigenvalue weighted by molar-refractivity contribution is 5.92. The van der Waals surface area contributed by atoms with Crippen LogP contribution in [0.5, 0.6) is 0 Å². The third kappa shape index (κ3) is 3.16. The highest BCUT2D eigenvalue weighted by Crippen LogP contribution is 2.36. The van der Waals surface area contributed by atoms with E-state index in [1.165, 1.54) is 38.8 Å². The summed E-state index contributed by atoms with van der Waals surface area (Å²) < 4.78 is 11.9. The number of ether oxygens (including phenoxy) is 1. The number of fused-ring (bicyclic) bond motifs is 2. The largest absolute Gasteiger partial charge is 0.461 e. The van der Waals surface area contributed by atoms with Gasteiger partial charge in [-0.2, -0.15) is 0 Å². The molecule has 0 amide bonds. The number of esters is 1. The molecule has 5 nitrogen and oxygen atoms in total. The number of quaternary nitrogens is 1. The Hall–Kier alpha value is -2.14. The summed E-state index contributed by atoms with van der Waals surface area (Å²) in [5, 5.41) is 0.730. The lowest BCUT2D eigenvalue weighted by Crippen LogP contribution is -2.61. The van der Waals surface area contributed by atoms with Gasteiger partial charge in [-0.1, -0.05) is 18.2 Å². The molecule has 1 aromatic heterocycles. The van der Waals surface area contributed by atoms with Gasteiger partial charge in [0.05, 0.1) is 26.2 Å². The Morgan fingerprint density at radius 1 is 1.19 bits per heavy atom. The molecule has 0 N–H and O–H groups in total.